The van der Waals surface area contributed by atoms with E-state index < -0.39 is 0 Å². The lowest BCUT2D eigenvalue weighted by molar-refractivity contribution is 0.408. The van der Waals surface area contributed by atoms with E-state index in [1.807, 2.05) is 12.1 Å². The van der Waals surface area contributed by atoms with Crippen LogP contribution in [0.15, 0.2) is 48.8 Å². The van der Waals surface area contributed by atoms with Crippen molar-refractivity contribution < 1.29 is 0 Å². The molecule has 2 aromatic rings. The van der Waals surface area contributed by atoms with E-state index in [1.54, 1.807) is 12.4 Å². The maximum atomic E-state index is 5.53. The highest BCUT2D eigenvalue weighted by Crippen LogP contribution is 2.39. The third kappa shape index (κ3) is 3.28. The molecular formula is C18H21N3S. The van der Waals surface area contributed by atoms with Crippen molar-refractivity contribution in [2.75, 3.05) is 5.32 Å². The van der Waals surface area contributed by atoms with Crippen molar-refractivity contribution in [3.63, 3.8) is 0 Å². The summed E-state index contributed by atoms with van der Waals surface area (Å²) in [6.45, 7) is 2.14. The maximum Gasteiger partial charge on any atom is 0.171 e. The Balaban J connectivity index is 1.78. The van der Waals surface area contributed by atoms with Crippen LogP contribution in [0.25, 0.3) is 0 Å². The standard InChI is InChI=1S/C18H21N3S/c1-14-5-4-6-15(13-14)18(9-2-3-10-18)21-17(22)20-16-7-11-19-12-8-16/h4-8,11-13H,2-3,9-10H2,1H3,(H2,19,20,21,22). The molecule has 3 nitrogen and oxygen atoms in total. The van der Waals surface area contributed by atoms with Crippen LogP contribution >= 0.6 is 12.2 Å². The van der Waals surface area contributed by atoms with Gasteiger partial charge in [-0.05, 0) is 49.7 Å². The van der Waals surface area contributed by atoms with Crippen LogP contribution in [0, 0.1) is 6.92 Å². The second-order valence-corrected chi connectivity index (χ2v) is 6.38. The summed E-state index contributed by atoms with van der Waals surface area (Å²) in [6, 6.07) is 12.6. The van der Waals surface area contributed by atoms with Gasteiger partial charge in [0.15, 0.2) is 5.11 Å². The van der Waals surface area contributed by atoms with Gasteiger partial charge in [0.05, 0.1) is 5.54 Å². The molecule has 0 bridgehead atoms. The van der Waals surface area contributed by atoms with Gasteiger partial charge in [-0.25, -0.2) is 0 Å². The first kappa shape index (κ1) is 15.0. The highest BCUT2D eigenvalue weighted by Gasteiger charge is 2.36. The summed E-state index contributed by atoms with van der Waals surface area (Å²) >= 11 is 5.53. The van der Waals surface area contributed by atoms with Gasteiger partial charge >= 0.3 is 0 Å². The lowest BCUT2D eigenvalue weighted by Crippen LogP contribution is -2.45. The summed E-state index contributed by atoms with van der Waals surface area (Å²) in [5.74, 6) is 0. The predicted octanol–water partition coefficient (Wildman–Crippen LogP) is 4.15. The number of hydrogen-bond acceptors (Lipinski definition) is 2. The third-order valence-electron chi connectivity index (χ3n) is 4.32. The van der Waals surface area contributed by atoms with Gasteiger partial charge in [0.25, 0.3) is 0 Å². The van der Waals surface area contributed by atoms with E-state index in [4.69, 9.17) is 12.2 Å². The van der Waals surface area contributed by atoms with Crippen molar-refractivity contribution in [3.8, 4) is 0 Å². The second-order valence-electron chi connectivity index (χ2n) is 5.97. The molecule has 1 saturated carbocycles. The summed E-state index contributed by atoms with van der Waals surface area (Å²) in [5.41, 5.74) is 3.55. The number of anilines is 1. The zero-order chi connectivity index (χ0) is 15.4. The molecule has 0 radical (unpaired) electrons. The molecule has 1 aliphatic carbocycles. The molecule has 4 heteroatoms. The normalized spacial score (nSPS) is 16.2. The SMILES string of the molecule is Cc1cccc(C2(NC(=S)Nc3ccncc3)CCCC2)c1. The van der Waals surface area contributed by atoms with Crippen LogP contribution in [0.2, 0.25) is 0 Å². The topological polar surface area (TPSA) is 37.0 Å². The lowest BCUT2D eigenvalue weighted by Gasteiger charge is -2.32. The van der Waals surface area contributed by atoms with Crippen molar-refractivity contribution in [1.82, 2.24) is 10.3 Å². The van der Waals surface area contributed by atoms with E-state index in [-0.39, 0.29) is 5.54 Å². The first-order chi connectivity index (χ1) is 10.7. The molecule has 1 aromatic carbocycles. The van der Waals surface area contributed by atoms with Crippen molar-refractivity contribution in [2.24, 2.45) is 0 Å². The van der Waals surface area contributed by atoms with Crippen molar-refractivity contribution in [3.05, 3.63) is 59.9 Å². The van der Waals surface area contributed by atoms with E-state index in [0.717, 1.165) is 18.5 Å². The summed E-state index contributed by atoms with van der Waals surface area (Å²) in [6.07, 6.45) is 8.23. The predicted molar refractivity (Wildman–Crippen MR) is 94.9 cm³/mol. The van der Waals surface area contributed by atoms with E-state index in [0.29, 0.717) is 5.11 Å². The number of aryl methyl sites for hydroxylation is 1. The maximum absolute atomic E-state index is 5.53. The number of rotatable bonds is 3. The van der Waals surface area contributed by atoms with Gasteiger partial charge in [-0.15, -0.1) is 0 Å². The van der Waals surface area contributed by atoms with Gasteiger partial charge in [0.1, 0.15) is 0 Å². The molecule has 0 amide bonds. The van der Waals surface area contributed by atoms with Crippen LogP contribution in [0.1, 0.15) is 36.8 Å². The van der Waals surface area contributed by atoms with Crippen LogP contribution in [-0.4, -0.2) is 10.1 Å². The summed E-state index contributed by atoms with van der Waals surface area (Å²) in [5, 5.41) is 7.52. The third-order valence-corrected chi connectivity index (χ3v) is 4.52. The molecule has 0 aliphatic heterocycles. The minimum absolute atomic E-state index is 0.0386. The van der Waals surface area contributed by atoms with Crippen molar-refractivity contribution in [1.29, 1.82) is 0 Å². The van der Waals surface area contributed by atoms with Crippen molar-refractivity contribution in [2.45, 2.75) is 38.1 Å². The quantitative estimate of drug-likeness (QED) is 0.835. The van der Waals surface area contributed by atoms with E-state index in [2.05, 4.69) is 46.8 Å². The van der Waals surface area contributed by atoms with Gasteiger partial charge in [0, 0.05) is 18.1 Å². The minimum Gasteiger partial charge on any atom is -0.353 e. The Bertz CT molecular complexity index is 648. The Morgan fingerprint density at radius 1 is 1.14 bits per heavy atom. The molecule has 0 unspecified atom stereocenters. The number of benzene rings is 1. The number of nitrogens with zero attached hydrogens (tertiary/aromatic N) is 1. The second kappa shape index (κ2) is 6.44. The highest BCUT2D eigenvalue weighted by molar-refractivity contribution is 7.80. The fourth-order valence-corrected chi connectivity index (χ4v) is 3.54. The molecule has 1 fully saturated rings. The molecule has 3 rings (SSSR count). The fraction of sp³-hybridized carbons (Fsp3) is 0.333. The van der Waals surface area contributed by atoms with Crippen LogP contribution in [-0.2, 0) is 5.54 Å². The highest BCUT2D eigenvalue weighted by atomic mass is 32.1. The molecule has 0 atom stereocenters. The molecule has 1 heterocycles. The molecule has 0 spiro atoms. The Labute approximate surface area is 137 Å². The van der Waals surface area contributed by atoms with E-state index >= 15 is 0 Å². The van der Waals surface area contributed by atoms with Crippen LogP contribution in [0.5, 0.6) is 0 Å². The molecule has 22 heavy (non-hydrogen) atoms. The van der Waals surface area contributed by atoms with Gasteiger partial charge < -0.3 is 10.6 Å². The summed E-state index contributed by atoms with van der Waals surface area (Å²) < 4.78 is 0. The molecule has 1 aromatic heterocycles. The largest absolute Gasteiger partial charge is 0.353 e. The van der Waals surface area contributed by atoms with Gasteiger partial charge in [0.2, 0.25) is 0 Å². The zero-order valence-electron chi connectivity index (χ0n) is 12.8. The molecule has 114 valence electrons. The number of nitrogens with one attached hydrogen (secondary N) is 2. The number of aromatic nitrogens is 1. The average Bonchev–Trinajstić information content (AvgIpc) is 2.98. The van der Waals surface area contributed by atoms with E-state index in [9.17, 15) is 0 Å². The molecular weight excluding hydrogens is 290 g/mol. The lowest BCUT2D eigenvalue weighted by atomic mass is 9.87. The van der Waals surface area contributed by atoms with Gasteiger partial charge in [-0.2, -0.15) is 0 Å². The van der Waals surface area contributed by atoms with Crippen molar-refractivity contribution >= 4 is 23.0 Å². The van der Waals surface area contributed by atoms with E-state index in [1.165, 1.54) is 24.0 Å². The zero-order valence-corrected chi connectivity index (χ0v) is 13.6. The fourth-order valence-electron chi connectivity index (χ4n) is 3.22. The minimum atomic E-state index is -0.0386. The monoisotopic (exact) mass is 311 g/mol. The van der Waals surface area contributed by atoms with Gasteiger partial charge in [-0.1, -0.05) is 42.7 Å². The van der Waals surface area contributed by atoms with Crippen LogP contribution in [0.3, 0.4) is 0 Å². The van der Waals surface area contributed by atoms with Crippen LogP contribution < -0.4 is 10.6 Å². The number of hydrogen-bond donors (Lipinski definition) is 2. The van der Waals surface area contributed by atoms with Gasteiger partial charge in [-0.3, -0.25) is 4.98 Å². The Hall–Kier alpha value is -1.94. The smallest absolute Gasteiger partial charge is 0.171 e. The molecule has 2 N–H and O–H groups in total. The summed E-state index contributed by atoms with van der Waals surface area (Å²) in [7, 11) is 0. The Morgan fingerprint density at radius 2 is 1.86 bits per heavy atom. The Kier molecular flexibility index (Phi) is 4.39. The molecule has 0 saturated heterocycles. The molecule has 1 aliphatic rings. The first-order valence-corrected chi connectivity index (χ1v) is 8.15. The van der Waals surface area contributed by atoms with Crippen LogP contribution in [0.4, 0.5) is 5.69 Å². The number of thiocarbonyl (C=S) groups is 1. The number of pyridine rings is 1. The summed E-state index contributed by atoms with van der Waals surface area (Å²) in [4.78, 5) is 4.02. The average molecular weight is 311 g/mol. The first-order valence-electron chi connectivity index (χ1n) is 7.74. The Morgan fingerprint density at radius 3 is 2.55 bits per heavy atom.